The summed E-state index contributed by atoms with van der Waals surface area (Å²) in [5.41, 5.74) is 0. The van der Waals surface area contributed by atoms with E-state index in [1.165, 1.54) is 6.07 Å². The molecule has 0 amide bonds. The topological polar surface area (TPSA) is 64.6 Å². The predicted octanol–water partition coefficient (Wildman–Crippen LogP) is 1.13. The third kappa shape index (κ3) is 3.39. The van der Waals surface area contributed by atoms with Crippen LogP contribution in [0.25, 0.3) is 0 Å². The lowest BCUT2D eigenvalue weighted by Gasteiger charge is -2.10. The minimum atomic E-state index is -3.80. The van der Waals surface area contributed by atoms with E-state index in [1.807, 2.05) is 0 Å². The Morgan fingerprint density at radius 1 is 1.44 bits per heavy atom. The third-order valence-corrected chi connectivity index (χ3v) is 3.96. The Bertz CT molecular complexity index is 510. The molecule has 100 valence electrons. The van der Waals surface area contributed by atoms with Crippen LogP contribution in [0.15, 0.2) is 23.1 Å². The Morgan fingerprint density at radius 2 is 2.22 bits per heavy atom. The van der Waals surface area contributed by atoms with Gasteiger partial charge in [-0.2, -0.15) is 0 Å². The average molecular weight is 296 g/mol. The summed E-state index contributed by atoms with van der Waals surface area (Å²) in [6.07, 6.45) is -0.330. The van der Waals surface area contributed by atoms with Gasteiger partial charge in [-0.15, -0.1) is 0 Å². The normalized spacial score (nSPS) is 20.2. The number of hydrogen-bond acceptors (Lipinski definition) is 4. The van der Waals surface area contributed by atoms with Crippen molar-refractivity contribution in [3.63, 3.8) is 0 Å². The van der Waals surface area contributed by atoms with E-state index in [0.717, 1.165) is 12.1 Å². The monoisotopic (exact) mass is 295 g/mol. The van der Waals surface area contributed by atoms with Crippen LogP contribution in [-0.4, -0.2) is 34.5 Å². The molecule has 2 rings (SSSR count). The molecule has 0 bridgehead atoms. The number of nitrogens with one attached hydrogen (secondary N) is 1. The number of sulfonamides is 1. The molecule has 0 radical (unpaired) electrons. The van der Waals surface area contributed by atoms with Gasteiger partial charge in [0.25, 0.3) is 0 Å². The molecule has 1 N–H and O–H groups in total. The summed E-state index contributed by atoms with van der Waals surface area (Å²) in [4.78, 5) is -0.216. The van der Waals surface area contributed by atoms with Crippen LogP contribution >= 0.6 is 11.6 Å². The first-order valence-electron chi connectivity index (χ1n) is 5.12. The molecule has 18 heavy (non-hydrogen) atoms. The Balaban J connectivity index is 2.09. The van der Waals surface area contributed by atoms with E-state index < -0.39 is 15.8 Å². The van der Waals surface area contributed by atoms with Crippen LogP contribution in [0.4, 0.5) is 4.39 Å². The average Bonchev–Trinajstić information content (AvgIpc) is 2.78. The van der Waals surface area contributed by atoms with Crippen LogP contribution in [0, 0.1) is 5.82 Å². The highest BCUT2D eigenvalue weighted by atomic mass is 35.5. The van der Waals surface area contributed by atoms with E-state index >= 15 is 0 Å². The number of ether oxygens (including phenoxy) is 2. The Morgan fingerprint density at radius 3 is 2.83 bits per heavy atom. The van der Waals surface area contributed by atoms with E-state index in [-0.39, 0.29) is 29.4 Å². The molecular weight excluding hydrogens is 285 g/mol. The summed E-state index contributed by atoms with van der Waals surface area (Å²) in [5, 5.41) is 0.0239. The van der Waals surface area contributed by atoms with Crippen LogP contribution in [-0.2, 0) is 19.5 Å². The molecule has 1 saturated heterocycles. The highest BCUT2D eigenvalue weighted by Gasteiger charge is 2.21. The molecule has 1 atom stereocenters. The van der Waals surface area contributed by atoms with Gasteiger partial charge in [0.1, 0.15) is 12.6 Å². The number of hydrogen-bond donors (Lipinski definition) is 1. The first kappa shape index (κ1) is 13.7. The van der Waals surface area contributed by atoms with Crippen molar-refractivity contribution >= 4 is 21.6 Å². The fraction of sp³-hybridized carbons (Fsp3) is 0.400. The molecule has 1 aromatic rings. The van der Waals surface area contributed by atoms with Gasteiger partial charge in [-0.3, -0.25) is 0 Å². The molecule has 0 aromatic heterocycles. The van der Waals surface area contributed by atoms with Crippen LogP contribution in [0.2, 0.25) is 5.02 Å². The van der Waals surface area contributed by atoms with Crippen LogP contribution < -0.4 is 4.72 Å². The van der Waals surface area contributed by atoms with E-state index in [1.54, 1.807) is 0 Å². The minimum absolute atomic E-state index is 0.0239. The van der Waals surface area contributed by atoms with Crippen LogP contribution in [0.5, 0.6) is 0 Å². The number of benzene rings is 1. The zero-order chi connectivity index (χ0) is 13.2. The second-order valence-electron chi connectivity index (χ2n) is 3.73. The van der Waals surface area contributed by atoms with Crippen molar-refractivity contribution in [3.05, 3.63) is 29.0 Å². The van der Waals surface area contributed by atoms with Crippen LogP contribution in [0.1, 0.15) is 0 Å². The van der Waals surface area contributed by atoms with Gasteiger partial charge in [-0.05, 0) is 18.2 Å². The fourth-order valence-electron chi connectivity index (χ4n) is 1.46. The molecule has 8 heteroatoms. The summed E-state index contributed by atoms with van der Waals surface area (Å²) in [7, 11) is -3.80. The number of rotatable bonds is 4. The fourth-order valence-corrected chi connectivity index (χ4v) is 2.87. The van der Waals surface area contributed by atoms with E-state index in [0.29, 0.717) is 6.61 Å². The predicted molar refractivity (Wildman–Crippen MR) is 62.3 cm³/mol. The summed E-state index contributed by atoms with van der Waals surface area (Å²) >= 11 is 5.61. The van der Waals surface area contributed by atoms with Gasteiger partial charge in [0, 0.05) is 11.6 Å². The van der Waals surface area contributed by atoms with Crippen molar-refractivity contribution in [3.8, 4) is 0 Å². The van der Waals surface area contributed by atoms with Crippen molar-refractivity contribution in [1.29, 1.82) is 0 Å². The molecule has 0 spiro atoms. The van der Waals surface area contributed by atoms with Crippen molar-refractivity contribution in [2.45, 2.75) is 11.0 Å². The van der Waals surface area contributed by atoms with Crippen molar-refractivity contribution in [1.82, 2.24) is 4.72 Å². The molecule has 1 fully saturated rings. The lowest BCUT2D eigenvalue weighted by Crippen LogP contribution is -2.33. The lowest BCUT2D eigenvalue weighted by molar-refractivity contribution is 0.0482. The minimum Gasteiger partial charge on any atom is -0.353 e. The summed E-state index contributed by atoms with van der Waals surface area (Å²) in [6, 6.07) is 3.12. The number of halogens is 2. The van der Waals surface area contributed by atoms with Crippen molar-refractivity contribution in [2.75, 3.05) is 19.9 Å². The molecule has 1 aliphatic heterocycles. The first-order chi connectivity index (χ1) is 8.47. The highest BCUT2D eigenvalue weighted by molar-refractivity contribution is 7.89. The molecule has 1 aliphatic rings. The maximum absolute atomic E-state index is 13.1. The second kappa shape index (κ2) is 5.50. The van der Waals surface area contributed by atoms with Gasteiger partial charge in [0.05, 0.1) is 17.6 Å². The summed E-state index contributed by atoms with van der Waals surface area (Å²) in [6.45, 7) is 0.543. The molecule has 1 heterocycles. The Hall–Kier alpha value is -0.730. The van der Waals surface area contributed by atoms with Crippen molar-refractivity contribution < 1.29 is 22.3 Å². The van der Waals surface area contributed by atoms with Gasteiger partial charge >= 0.3 is 0 Å². The quantitative estimate of drug-likeness (QED) is 0.904. The van der Waals surface area contributed by atoms with Gasteiger partial charge in [-0.25, -0.2) is 17.5 Å². The molecule has 5 nitrogen and oxygen atoms in total. The highest BCUT2D eigenvalue weighted by Crippen LogP contribution is 2.18. The Labute approximate surface area is 109 Å². The van der Waals surface area contributed by atoms with E-state index in [4.69, 9.17) is 21.1 Å². The van der Waals surface area contributed by atoms with Gasteiger partial charge < -0.3 is 9.47 Å². The SMILES string of the molecule is O=S(=O)(NC[C@H]1COCO1)c1cc(F)cc(Cl)c1. The zero-order valence-corrected chi connectivity index (χ0v) is 10.8. The van der Waals surface area contributed by atoms with E-state index in [2.05, 4.69) is 4.72 Å². The Kier molecular flexibility index (Phi) is 4.18. The van der Waals surface area contributed by atoms with E-state index in [9.17, 15) is 12.8 Å². The lowest BCUT2D eigenvalue weighted by atomic mass is 10.3. The molecule has 1 aromatic carbocycles. The maximum Gasteiger partial charge on any atom is 0.240 e. The first-order valence-corrected chi connectivity index (χ1v) is 6.98. The molecular formula is C10H11ClFNO4S. The van der Waals surface area contributed by atoms with Gasteiger partial charge in [0.15, 0.2) is 0 Å². The van der Waals surface area contributed by atoms with Crippen molar-refractivity contribution in [2.24, 2.45) is 0 Å². The summed E-state index contributed by atoms with van der Waals surface area (Å²) in [5.74, 6) is -0.705. The molecule has 0 saturated carbocycles. The maximum atomic E-state index is 13.1. The standard InChI is InChI=1S/C10H11ClFNO4S/c11-7-1-8(12)3-10(2-7)18(14,15)13-4-9-5-16-6-17-9/h1-3,9,13H,4-6H2/t9-/m0/s1. The second-order valence-corrected chi connectivity index (χ2v) is 5.94. The summed E-state index contributed by atoms with van der Waals surface area (Å²) < 4.78 is 49.1. The molecule has 0 aliphatic carbocycles. The largest absolute Gasteiger partial charge is 0.353 e. The zero-order valence-electron chi connectivity index (χ0n) is 9.23. The van der Waals surface area contributed by atoms with Gasteiger partial charge in [0.2, 0.25) is 10.0 Å². The van der Waals surface area contributed by atoms with Gasteiger partial charge in [-0.1, -0.05) is 11.6 Å². The van der Waals surface area contributed by atoms with Crippen LogP contribution in [0.3, 0.4) is 0 Å². The smallest absolute Gasteiger partial charge is 0.240 e. The third-order valence-electron chi connectivity index (χ3n) is 2.34. The molecule has 0 unspecified atom stereocenters.